The number of benzene rings is 2. The molecular weight excluding hydrogens is 520 g/mol. The molecule has 0 spiro atoms. The van der Waals surface area contributed by atoms with Crippen molar-refractivity contribution in [2.45, 2.75) is 12.8 Å². The minimum Gasteiger partial charge on any atom is -0.493 e. The maximum Gasteiger partial charge on any atom is 0.203 e. The van der Waals surface area contributed by atoms with Gasteiger partial charge < -0.3 is 48.1 Å². The Bertz CT molecular complexity index is 1060. The van der Waals surface area contributed by atoms with Crippen LogP contribution in [-0.4, -0.2) is 92.5 Å². The highest BCUT2D eigenvalue weighted by Crippen LogP contribution is 2.40. The van der Waals surface area contributed by atoms with Crippen LogP contribution >= 0.6 is 0 Å². The van der Waals surface area contributed by atoms with E-state index in [9.17, 15) is 5.11 Å². The summed E-state index contributed by atoms with van der Waals surface area (Å²) in [6.45, 7) is 0.897. The number of aliphatic hydroxyl groups excluding tert-OH is 2. The van der Waals surface area contributed by atoms with E-state index in [0.29, 0.717) is 53.9 Å². The lowest BCUT2D eigenvalue weighted by Crippen LogP contribution is -2.09. The van der Waals surface area contributed by atoms with Gasteiger partial charge in [-0.05, 0) is 59.4 Å². The van der Waals surface area contributed by atoms with Gasteiger partial charge in [-0.2, -0.15) is 0 Å². The summed E-state index contributed by atoms with van der Waals surface area (Å²) in [6, 6.07) is 7.61. The fourth-order valence-corrected chi connectivity index (χ4v) is 4.17. The molecular formula is C30H42O10. The number of allylic oxidation sites excluding steroid dienone is 2. The molecule has 2 rings (SSSR count). The van der Waals surface area contributed by atoms with Crippen LogP contribution in [-0.2, 0) is 22.3 Å². The predicted molar refractivity (Wildman–Crippen MR) is 152 cm³/mol. The minimum absolute atomic E-state index is 0.0522. The fraction of sp³-hybridized carbons (Fsp3) is 0.467. The average molecular weight is 563 g/mol. The van der Waals surface area contributed by atoms with Crippen LogP contribution in [0.25, 0.3) is 0 Å². The summed E-state index contributed by atoms with van der Waals surface area (Å²) in [5.74, 6) is 3.21. The van der Waals surface area contributed by atoms with Crippen molar-refractivity contribution in [3.8, 4) is 34.5 Å². The molecule has 0 amide bonds. The SMILES string of the molecule is COc1cc(CC(/C=C/COCCO)=C(\COCCO)Cc2cc(OC)c(OC)c(OC)c2)cc(OC)c1OC. The van der Waals surface area contributed by atoms with Gasteiger partial charge >= 0.3 is 0 Å². The van der Waals surface area contributed by atoms with Crippen molar-refractivity contribution in [2.24, 2.45) is 0 Å². The summed E-state index contributed by atoms with van der Waals surface area (Å²) in [5.41, 5.74) is 3.78. The van der Waals surface area contributed by atoms with E-state index in [1.807, 2.05) is 36.4 Å². The smallest absolute Gasteiger partial charge is 0.203 e. The lowest BCUT2D eigenvalue weighted by molar-refractivity contribution is 0.106. The van der Waals surface area contributed by atoms with E-state index in [1.165, 1.54) is 0 Å². The molecule has 0 aliphatic heterocycles. The number of ether oxygens (including phenoxy) is 8. The van der Waals surface area contributed by atoms with E-state index >= 15 is 0 Å². The molecule has 222 valence electrons. The first kappa shape index (κ1) is 32.8. The maximum atomic E-state index is 9.35. The van der Waals surface area contributed by atoms with Crippen LogP contribution in [0.15, 0.2) is 47.6 Å². The normalized spacial score (nSPS) is 11.8. The summed E-state index contributed by atoms with van der Waals surface area (Å²) in [7, 11) is 9.44. The standard InChI is InChI=1S/C30H42O10/c1-33-25-16-21(17-26(34-2)29(25)37-5)14-23(8-7-11-39-12-9-31)24(20-40-13-10-32)15-22-18-27(35-3)30(38-6)28(19-22)36-4/h7-8,16-19,31-32H,9-15,20H2,1-6H3/b8-7+,24-23-. The highest BCUT2D eigenvalue weighted by Gasteiger charge is 2.18. The Balaban J connectivity index is 2.63. The van der Waals surface area contributed by atoms with Crippen molar-refractivity contribution in [1.29, 1.82) is 0 Å². The Morgan fingerprint density at radius 1 is 0.625 bits per heavy atom. The molecule has 0 aliphatic rings. The number of methoxy groups -OCH3 is 6. The lowest BCUT2D eigenvalue weighted by Gasteiger charge is -2.18. The zero-order chi connectivity index (χ0) is 29.3. The van der Waals surface area contributed by atoms with Crippen molar-refractivity contribution in [2.75, 3.05) is 82.3 Å². The third kappa shape index (κ3) is 9.34. The van der Waals surface area contributed by atoms with Crippen LogP contribution in [0.3, 0.4) is 0 Å². The Morgan fingerprint density at radius 3 is 1.50 bits per heavy atom. The molecule has 10 heteroatoms. The molecule has 0 radical (unpaired) electrons. The van der Waals surface area contributed by atoms with Crippen LogP contribution in [0, 0.1) is 0 Å². The second-order valence-electron chi connectivity index (χ2n) is 8.53. The quantitative estimate of drug-likeness (QED) is 0.195. The third-order valence-electron chi connectivity index (χ3n) is 6.00. The van der Waals surface area contributed by atoms with Gasteiger partial charge in [0.05, 0.1) is 82.3 Å². The molecule has 0 atom stereocenters. The molecule has 0 aromatic heterocycles. The molecule has 0 aliphatic carbocycles. The Morgan fingerprint density at radius 2 is 1.07 bits per heavy atom. The van der Waals surface area contributed by atoms with Crippen LogP contribution in [0.1, 0.15) is 11.1 Å². The third-order valence-corrected chi connectivity index (χ3v) is 6.00. The number of hydrogen-bond donors (Lipinski definition) is 2. The first-order valence-corrected chi connectivity index (χ1v) is 12.8. The van der Waals surface area contributed by atoms with E-state index in [1.54, 1.807) is 42.7 Å². The summed E-state index contributed by atoms with van der Waals surface area (Å²) in [6.07, 6.45) is 4.89. The van der Waals surface area contributed by atoms with Crippen molar-refractivity contribution in [1.82, 2.24) is 0 Å². The second-order valence-corrected chi connectivity index (χ2v) is 8.53. The number of aliphatic hydroxyl groups is 2. The molecule has 0 saturated carbocycles. The molecule has 0 saturated heterocycles. The molecule has 2 N–H and O–H groups in total. The van der Waals surface area contributed by atoms with Gasteiger partial charge in [-0.1, -0.05) is 12.2 Å². The number of hydrogen-bond acceptors (Lipinski definition) is 10. The Kier molecular flexibility index (Phi) is 14.8. The highest BCUT2D eigenvalue weighted by molar-refractivity contribution is 5.56. The van der Waals surface area contributed by atoms with Gasteiger partial charge in [0, 0.05) is 0 Å². The van der Waals surface area contributed by atoms with Gasteiger partial charge in [0.1, 0.15) is 0 Å². The van der Waals surface area contributed by atoms with Gasteiger partial charge in [0.25, 0.3) is 0 Å². The van der Waals surface area contributed by atoms with E-state index < -0.39 is 0 Å². The summed E-state index contributed by atoms with van der Waals surface area (Å²) < 4.78 is 44.4. The van der Waals surface area contributed by atoms with Crippen LogP contribution in [0.2, 0.25) is 0 Å². The molecule has 0 unspecified atom stereocenters. The highest BCUT2D eigenvalue weighted by atomic mass is 16.5. The summed E-state index contributed by atoms with van der Waals surface area (Å²) in [4.78, 5) is 0. The fourth-order valence-electron chi connectivity index (χ4n) is 4.17. The first-order chi connectivity index (χ1) is 19.5. The van der Waals surface area contributed by atoms with Gasteiger partial charge in [-0.15, -0.1) is 0 Å². The number of rotatable bonds is 19. The average Bonchev–Trinajstić information content (AvgIpc) is 2.98. The zero-order valence-electron chi connectivity index (χ0n) is 24.3. The molecule has 10 nitrogen and oxygen atoms in total. The van der Waals surface area contributed by atoms with E-state index in [0.717, 1.165) is 22.3 Å². The molecule has 0 bridgehead atoms. The van der Waals surface area contributed by atoms with Crippen LogP contribution < -0.4 is 28.4 Å². The molecule has 0 fully saturated rings. The monoisotopic (exact) mass is 562 g/mol. The van der Waals surface area contributed by atoms with Crippen molar-refractivity contribution in [3.05, 3.63) is 58.7 Å². The lowest BCUT2D eigenvalue weighted by atomic mass is 9.94. The van der Waals surface area contributed by atoms with Gasteiger partial charge in [0.2, 0.25) is 11.5 Å². The summed E-state index contributed by atoms with van der Waals surface area (Å²) >= 11 is 0. The topological polar surface area (TPSA) is 114 Å². The largest absolute Gasteiger partial charge is 0.493 e. The van der Waals surface area contributed by atoms with Crippen molar-refractivity contribution >= 4 is 0 Å². The zero-order valence-corrected chi connectivity index (χ0v) is 24.3. The predicted octanol–water partition coefficient (Wildman–Crippen LogP) is 3.39. The van der Waals surface area contributed by atoms with Crippen LogP contribution in [0.4, 0.5) is 0 Å². The van der Waals surface area contributed by atoms with Crippen molar-refractivity contribution < 1.29 is 48.1 Å². The minimum atomic E-state index is -0.0927. The van der Waals surface area contributed by atoms with Crippen LogP contribution in [0.5, 0.6) is 34.5 Å². The molecule has 2 aromatic rings. The molecule has 40 heavy (non-hydrogen) atoms. The second kappa shape index (κ2) is 18.0. The van der Waals surface area contributed by atoms with E-state index in [2.05, 4.69) is 0 Å². The maximum absolute atomic E-state index is 9.35. The molecule has 2 aromatic carbocycles. The van der Waals surface area contributed by atoms with Gasteiger partial charge in [-0.3, -0.25) is 0 Å². The van der Waals surface area contributed by atoms with E-state index in [4.69, 9.17) is 43.0 Å². The van der Waals surface area contributed by atoms with Crippen molar-refractivity contribution in [3.63, 3.8) is 0 Å². The Hall–Kier alpha value is -3.44. The summed E-state index contributed by atoms with van der Waals surface area (Å²) in [5, 5.41) is 18.4. The van der Waals surface area contributed by atoms with E-state index in [-0.39, 0.29) is 33.0 Å². The first-order valence-electron chi connectivity index (χ1n) is 12.8. The Labute approximate surface area is 236 Å². The van der Waals surface area contributed by atoms with Gasteiger partial charge in [-0.25, -0.2) is 0 Å². The molecule has 0 heterocycles. The van der Waals surface area contributed by atoms with Gasteiger partial charge in [0.15, 0.2) is 23.0 Å².